The third-order valence-electron chi connectivity index (χ3n) is 7.31. The quantitative estimate of drug-likeness (QED) is 0.0771. The highest BCUT2D eigenvalue weighted by Crippen LogP contribution is 2.24. The van der Waals surface area contributed by atoms with Crippen LogP contribution in [0.1, 0.15) is 73.3 Å². The van der Waals surface area contributed by atoms with Gasteiger partial charge in [0.05, 0.1) is 11.6 Å². The Morgan fingerprint density at radius 3 is 2.12 bits per heavy atom. The maximum Gasteiger partial charge on any atom is 0.419 e. The molecular formula is C33H52N8O7. The van der Waals surface area contributed by atoms with E-state index in [4.69, 9.17) is 21.9 Å². The van der Waals surface area contributed by atoms with E-state index in [0.717, 1.165) is 5.39 Å². The topological polar surface area (TPSA) is 246 Å². The Hall–Kier alpha value is -4.66. The average Bonchev–Trinajstić information content (AvgIpc) is 3.33. The Bertz CT molecular complexity index is 1470. The zero-order valence-corrected chi connectivity index (χ0v) is 28.9. The Morgan fingerprint density at radius 2 is 1.56 bits per heavy atom. The zero-order valence-electron chi connectivity index (χ0n) is 28.9. The summed E-state index contributed by atoms with van der Waals surface area (Å²) in [5, 5.41) is 18.3. The van der Waals surface area contributed by atoms with Crippen molar-refractivity contribution in [1.29, 1.82) is 0 Å². The van der Waals surface area contributed by atoms with Crippen molar-refractivity contribution in [2.24, 2.45) is 34.0 Å². The predicted octanol–water partition coefficient (Wildman–Crippen LogP) is 1.59. The van der Waals surface area contributed by atoms with Gasteiger partial charge < -0.3 is 43.0 Å². The van der Waals surface area contributed by atoms with Crippen molar-refractivity contribution in [2.75, 3.05) is 6.54 Å². The number of aromatic nitrogens is 1. The predicted molar refractivity (Wildman–Crippen MR) is 183 cm³/mol. The fraction of sp³-hybridized carbons (Fsp3) is 0.576. The number of nitrogens with one attached hydrogen (secondary N) is 3. The molecule has 48 heavy (non-hydrogen) atoms. The van der Waals surface area contributed by atoms with E-state index in [1.807, 2.05) is 26.0 Å². The number of carboxylic acid groups (broad SMARTS) is 1. The van der Waals surface area contributed by atoms with Crippen molar-refractivity contribution in [1.82, 2.24) is 20.5 Å². The summed E-state index contributed by atoms with van der Waals surface area (Å²) >= 11 is 0. The van der Waals surface area contributed by atoms with Crippen LogP contribution in [0.3, 0.4) is 0 Å². The van der Waals surface area contributed by atoms with Crippen LogP contribution < -0.4 is 33.2 Å². The fourth-order valence-corrected chi connectivity index (χ4v) is 5.00. The lowest BCUT2D eigenvalue weighted by Crippen LogP contribution is -2.58. The molecule has 0 aliphatic carbocycles. The van der Waals surface area contributed by atoms with Crippen molar-refractivity contribution in [3.8, 4) is 0 Å². The third-order valence-corrected chi connectivity index (χ3v) is 7.31. The first-order valence-electron chi connectivity index (χ1n) is 16.1. The molecule has 266 valence electrons. The van der Waals surface area contributed by atoms with Gasteiger partial charge in [-0.3, -0.25) is 23.9 Å². The molecule has 0 fully saturated rings. The number of hydrogen-bond acceptors (Lipinski definition) is 8. The first kappa shape index (κ1) is 39.5. The van der Waals surface area contributed by atoms with E-state index in [-0.39, 0.29) is 37.7 Å². The van der Waals surface area contributed by atoms with Gasteiger partial charge in [-0.05, 0) is 69.9 Å². The number of rotatable bonds is 16. The molecule has 2 rings (SSSR count). The van der Waals surface area contributed by atoms with E-state index in [9.17, 15) is 29.1 Å². The van der Waals surface area contributed by atoms with Crippen molar-refractivity contribution >= 4 is 46.6 Å². The van der Waals surface area contributed by atoms with Crippen molar-refractivity contribution in [3.05, 3.63) is 36.0 Å². The highest BCUT2D eigenvalue weighted by Gasteiger charge is 2.32. The van der Waals surface area contributed by atoms with Gasteiger partial charge in [0.15, 0.2) is 5.96 Å². The fourth-order valence-electron chi connectivity index (χ4n) is 5.00. The van der Waals surface area contributed by atoms with Gasteiger partial charge in [-0.2, -0.15) is 0 Å². The van der Waals surface area contributed by atoms with E-state index >= 15 is 0 Å². The lowest BCUT2D eigenvalue weighted by Gasteiger charge is -2.27. The van der Waals surface area contributed by atoms with E-state index in [0.29, 0.717) is 17.5 Å². The highest BCUT2D eigenvalue weighted by molar-refractivity contribution is 5.95. The second-order valence-electron chi connectivity index (χ2n) is 13.6. The minimum absolute atomic E-state index is 0.0167. The van der Waals surface area contributed by atoms with Crippen LogP contribution in [0, 0.1) is 11.8 Å². The molecule has 0 radical (unpaired) electrons. The second kappa shape index (κ2) is 17.5. The average molecular weight is 673 g/mol. The number of fused-ring (bicyclic) bond motifs is 1. The highest BCUT2D eigenvalue weighted by atomic mass is 16.6. The molecule has 10 N–H and O–H groups in total. The van der Waals surface area contributed by atoms with Gasteiger partial charge in [0.1, 0.15) is 23.7 Å². The summed E-state index contributed by atoms with van der Waals surface area (Å²) < 4.78 is 6.92. The summed E-state index contributed by atoms with van der Waals surface area (Å²) in [6.45, 7) is 12.7. The van der Waals surface area contributed by atoms with Crippen LogP contribution in [-0.4, -0.2) is 81.7 Å². The van der Waals surface area contributed by atoms with Gasteiger partial charge in [0, 0.05) is 18.1 Å². The number of carbonyl (C=O) groups is 5. The summed E-state index contributed by atoms with van der Waals surface area (Å²) in [7, 11) is 0. The van der Waals surface area contributed by atoms with Crippen molar-refractivity contribution < 1.29 is 33.8 Å². The number of hydrogen-bond donors (Lipinski definition) is 7. The minimum Gasteiger partial charge on any atom is -0.480 e. The van der Waals surface area contributed by atoms with Crippen LogP contribution >= 0.6 is 0 Å². The largest absolute Gasteiger partial charge is 0.480 e. The maximum atomic E-state index is 13.5. The van der Waals surface area contributed by atoms with Crippen LogP contribution in [0.25, 0.3) is 10.9 Å². The number of para-hydroxylation sites is 1. The maximum absolute atomic E-state index is 13.5. The number of nitrogens with zero attached hydrogens (tertiary/aromatic N) is 2. The van der Waals surface area contributed by atoms with Gasteiger partial charge in [-0.25, -0.2) is 9.59 Å². The van der Waals surface area contributed by atoms with E-state index < -0.39 is 65.5 Å². The van der Waals surface area contributed by atoms with Gasteiger partial charge in [0.2, 0.25) is 17.7 Å². The number of aliphatic imine (C=N–C) groups is 1. The molecule has 15 nitrogen and oxygen atoms in total. The third kappa shape index (κ3) is 12.2. The van der Waals surface area contributed by atoms with Crippen LogP contribution in [-0.2, 0) is 30.3 Å². The van der Waals surface area contributed by atoms with E-state index in [1.165, 1.54) is 4.57 Å². The molecule has 0 bridgehead atoms. The molecule has 0 aliphatic heterocycles. The summed E-state index contributed by atoms with van der Waals surface area (Å²) in [5.41, 5.74) is 17.5. The van der Waals surface area contributed by atoms with Crippen LogP contribution in [0.5, 0.6) is 0 Å². The standard InChI is InChI=1S/C33H52N8O7/c1-18(2)15-24(28(43)40-26(19(3)4)29(44)38-23(30(45)46)12-10-14-37-31(35)36)39-27(42)22(34)16-20-17-41(32(47)48-33(5,6)7)25-13-9-8-11-21(20)25/h8-9,11,13,17-19,22-24,26H,10,12,14-16,34H2,1-7H3,(H,38,44)(H,39,42)(H,40,43)(H,45,46)(H4,35,36,37)/t22-,23-,24-,26-/m0/s1. The second-order valence-corrected chi connectivity index (χ2v) is 13.6. The molecule has 0 saturated carbocycles. The van der Waals surface area contributed by atoms with Crippen molar-refractivity contribution in [2.45, 2.75) is 104 Å². The molecular weight excluding hydrogens is 620 g/mol. The Balaban J connectivity index is 2.19. The Kier molecular flexibility index (Phi) is 14.4. The number of guanidine groups is 1. The summed E-state index contributed by atoms with van der Waals surface area (Å²) in [4.78, 5) is 68.6. The molecule has 0 saturated heterocycles. The summed E-state index contributed by atoms with van der Waals surface area (Å²) in [6.07, 6.45) is 1.71. The van der Waals surface area contributed by atoms with E-state index in [1.54, 1.807) is 52.9 Å². The number of amides is 3. The van der Waals surface area contributed by atoms with Gasteiger partial charge in [-0.1, -0.05) is 45.9 Å². The van der Waals surface area contributed by atoms with Gasteiger partial charge in [0.25, 0.3) is 0 Å². The van der Waals surface area contributed by atoms with Crippen molar-refractivity contribution in [3.63, 3.8) is 0 Å². The number of ether oxygens (including phenoxy) is 1. The molecule has 1 aromatic heterocycles. The number of aliphatic carboxylic acids is 1. The lowest BCUT2D eigenvalue weighted by molar-refractivity contribution is -0.142. The van der Waals surface area contributed by atoms with Crippen LogP contribution in [0.15, 0.2) is 35.5 Å². The first-order valence-corrected chi connectivity index (χ1v) is 16.1. The number of carboxylic acids is 1. The normalized spacial score (nSPS) is 14.1. The summed E-state index contributed by atoms with van der Waals surface area (Å²) in [6, 6.07) is 2.76. The molecule has 1 aromatic carbocycles. The molecule has 0 aliphatic rings. The molecule has 3 amide bonds. The van der Waals surface area contributed by atoms with Crippen LogP contribution in [0.2, 0.25) is 0 Å². The van der Waals surface area contributed by atoms with E-state index in [2.05, 4.69) is 20.9 Å². The van der Waals surface area contributed by atoms with Crippen LogP contribution in [0.4, 0.5) is 4.79 Å². The van der Waals surface area contributed by atoms with Gasteiger partial charge >= 0.3 is 12.1 Å². The molecule has 15 heteroatoms. The zero-order chi connectivity index (χ0) is 36.3. The number of benzene rings is 1. The Labute approximate surface area is 281 Å². The molecule has 4 atom stereocenters. The Morgan fingerprint density at radius 1 is 0.938 bits per heavy atom. The number of carbonyl (C=O) groups excluding carboxylic acids is 4. The molecule has 0 unspecified atom stereocenters. The molecule has 1 heterocycles. The minimum atomic E-state index is -1.24. The first-order chi connectivity index (χ1) is 22.3. The lowest BCUT2D eigenvalue weighted by atomic mass is 9.98. The SMILES string of the molecule is CC(C)C[C@H](NC(=O)[C@@H](N)Cc1cn(C(=O)OC(C)(C)C)c2ccccc12)C(=O)N[C@H](C(=O)N[C@@H](CCCN=C(N)N)C(=O)O)C(C)C. The smallest absolute Gasteiger partial charge is 0.419 e. The van der Waals surface area contributed by atoms with Gasteiger partial charge in [-0.15, -0.1) is 0 Å². The summed E-state index contributed by atoms with van der Waals surface area (Å²) in [5.74, 6) is -3.68. The monoisotopic (exact) mass is 672 g/mol. The number of nitrogens with two attached hydrogens (primary N) is 3. The molecule has 2 aromatic rings. The molecule has 0 spiro atoms.